The summed E-state index contributed by atoms with van der Waals surface area (Å²) < 4.78 is 25.8. The fraction of sp³-hybridized carbons (Fsp3) is 0.533. The van der Waals surface area contributed by atoms with Crippen molar-refractivity contribution in [1.29, 1.82) is 0 Å². The van der Waals surface area contributed by atoms with Gasteiger partial charge in [0.1, 0.15) is 0 Å². The Labute approximate surface area is 111 Å². The molecule has 1 heterocycles. The van der Waals surface area contributed by atoms with Gasteiger partial charge in [-0.3, -0.25) is 4.79 Å². The summed E-state index contributed by atoms with van der Waals surface area (Å²) in [4.78, 5) is 13.9. The summed E-state index contributed by atoms with van der Waals surface area (Å²) in [5.41, 5.74) is 1.03. The molecule has 0 N–H and O–H groups in total. The van der Waals surface area contributed by atoms with Gasteiger partial charge < -0.3 is 4.90 Å². The standard InChI is InChI=1S/C15H17F2NO/c1-15-7-11(15)8-18(9-15)14(19)5-3-10-2-4-12(16)13(17)6-10/h2,4,6,11H,3,5,7-9H2,1H3. The summed E-state index contributed by atoms with van der Waals surface area (Å²) in [5.74, 6) is -0.889. The Morgan fingerprint density at radius 3 is 2.84 bits per heavy atom. The second-order valence-electron chi connectivity index (χ2n) is 6.08. The fourth-order valence-corrected chi connectivity index (χ4v) is 3.04. The predicted octanol–water partition coefficient (Wildman–Crippen LogP) is 2.77. The Hall–Kier alpha value is -1.45. The summed E-state index contributed by atoms with van der Waals surface area (Å²) in [7, 11) is 0. The monoisotopic (exact) mass is 265 g/mol. The van der Waals surface area contributed by atoms with Crippen molar-refractivity contribution in [3.63, 3.8) is 0 Å². The summed E-state index contributed by atoms with van der Waals surface area (Å²) in [6, 6.07) is 3.82. The van der Waals surface area contributed by atoms with Crippen LogP contribution in [0.5, 0.6) is 0 Å². The Balaban J connectivity index is 1.54. The zero-order valence-corrected chi connectivity index (χ0v) is 11.0. The fourth-order valence-electron chi connectivity index (χ4n) is 3.04. The van der Waals surface area contributed by atoms with Crippen molar-refractivity contribution in [2.45, 2.75) is 26.2 Å². The molecule has 1 aliphatic heterocycles. The quantitative estimate of drug-likeness (QED) is 0.823. The molecule has 0 bridgehead atoms. The van der Waals surface area contributed by atoms with Gasteiger partial charge in [-0.15, -0.1) is 0 Å². The lowest BCUT2D eigenvalue weighted by atomic mass is 10.1. The molecule has 1 aromatic carbocycles. The van der Waals surface area contributed by atoms with Crippen molar-refractivity contribution in [3.8, 4) is 0 Å². The first-order valence-electron chi connectivity index (χ1n) is 6.70. The second-order valence-corrected chi connectivity index (χ2v) is 6.08. The number of fused-ring (bicyclic) bond motifs is 1. The lowest BCUT2D eigenvalue weighted by Crippen LogP contribution is -2.31. The minimum atomic E-state index is -0.847. The van der Waals surface area contributed by atoms with E-state index < -0.39 is 11.6 Å². The summed E-state index contributed by atoms with van der Waals surface area (Å²) in [6.45, 7) is 3.95. The molecule has 2 aliphatic rings. The Morgan fingerprint density at radius 2 is 2.21 bits per heavy atom. The summed E-state index contributed by atoms with van der Waals surface area (Å²) in [6.07, 6.45) is 2.07. The van der Waals surface area contributed by atoms with E-state index in [0.717, 1.165) is 19.2 Å². The highest BCUT2D eigenvalue weighted by Crippen LogP contribution is 2.57. The topological polar surface area (TPSA) is 20.3 Å². The van der Waals surface area contributed by atoms with Crippen LogP contribution in [0, 0.1) is 23.0 Å². The van der Waals surface area contributed by atoms with E-state index >= 15 is 0 Å². The average molecular weight is 265 g/mol. The number of carbonyl (C=O) groups excluding carboxylic acids is 1. The molecule has 1 aromatic rings. The van der Waals surface area contributed by atoms with Gasteiger partial charge in [0.05, 0.1) is 0 Å². The summed E-state index contributed by atoms with van der Waals surface area (Å²) in [5, 5.41) is 0. The van der Waals surface area contributed by atoms with Crippen molar-refractivity contribution in [1.82, 2.24) is 4.90 Å². The Kier molecular flexibility index (Phi) is 2.84. The first-order chi connectivity index (χ1) is 8.98. The van der Waals surface area contributed by atoms with Crippen LogP contribution < -0.4 is 0 Å². The molecule has 0 radical (unpaired) electrons. The lowest BCUT2D eigenvalue weighted by Gasteiger charge is -2.19. The maximum Gasteiger partial charge on any atom is 0.222 e. The van der Waals surface area contributed by atoms with E-state index in [2.05, 4.69) is 6.92 Å². The number of hydrogen-bond donors (Lipinski definition) is 0. The maximum atomic E-state index is 13.0. The Morgan fingerprint density at radius 1 is 1.42 bits per heavy atom. The largest absolute Gasteiger partial charge is 0.342 e. The number of aryl methyl sites for hydroxylation is 1. The number of likely N-dealkylation sites (tertiary alicyclic amines) is 1. The van der Waals surface area contributed by atoms with E-state index in [0.29, 0.717) is 29.7 Å². The van der Waals surface area contributed by atoms with Crippen LogP contribution in [0.2, 0.25) is 0 Å². The number of amides is 1. The first kappa shape index (κ1) is 12.6. The third kappa shape index (κ3) is 2.36. The summed E-state index contributed by atoms with van der Waals surface area (Å²) >= 11 is 0. The van der Waals surface area contributed by atoms with E-state index in [9.17, 15) is 13.6 Å². The average Bonchev–Trinajstić information content (AvgIpc) is 2.88. The smallest absolute Gasteiger partial charge is 0.222 e. The highest BCUT2D eigenvalue weighted by molar-refractivity contribution is 5.77. The molecule has 1 saturated carbocycles. The number of hydrogen-bond acceptors (Lipinski definition) is 1. The third-order valence-corrected chi connectivity index (χ3v) is 4.50. The zero-order valence-electron chi connectivity index (χ0n) is 11.0. The van der Waals surface area contributed by atoms with E-state index in [1.165, 1.54) is 18.6 Å². The molecule has 3 rings (SSSR count). The number of halogens is 2. The number of rotatable bonds is 3. The highest BCUT2D eigenvalue weighted by Gasteiger charge is 2.56. The van der Waals surface area contributed by atoms with Crippen molar-refractivity contribution in [2.24, 2.45) is 11.3 Å². The Bertz CT molecular complexity index is 531. The SMILES string of the molecule is CC12CC1CN(C(=O)CCc1ccc(F)c(F)c1)C2. The number of carbonyl (C=O) groups is 1. The van der Waals surface area contributed by atoms with E-state index in [1.54, 1.807) is 0 Å². The molecule has 4 heteroatoms. The van der Waals surface area contributed by atoms with Gasteiger partial charge in [0.15, 0.2) is 11.6 Å². The number of nitrogens with zero attached hydrogens (tertiary/aromatic N) is 1. The number of piperidine rings is 1. The van der Waals surface area contributed by atoms with Gasteiger partial charge in [-0.05, 0) is 41.9 Å². The molecule has 2 fully saturated rings. The van der Waals surface area contributed by atoms with Crippen molar-refractivity contribution < 1.29 is 13.6 Å². The third-order valence-electron chi connectivity index (χ3n) is 4.50. The van der Waals surface area contributed by atoms with Gasteiger partial charge in [-0.25, -0.2) is 8.78 Å². The molecule has 1 amide bonds. The first-order valence-corrected chi connectivity index (χ1v) is 6.70. The molecule has 1 saturated heterocycles. The lowest BCUT2D eigenvalue weighted by molar-refractivity contribution is -0.130. The van der Waals surface area contributed by atoms with Crippen LogP contribution in [-0.4, -0.2) is 23.9 Å². The molecule has 102 valence electrons. The van der Waals surface area contributed by atoms with Crippen LogP contribution in [0.4, 0.5) is 8.78 Å². The second kappa shape index (κ2) is 4.29. The van der Waals surface area contributed by atoms with E-state index in [-0.39, 0.29) is 5.91 Å². The predicted molar refractivity (Wildman–Crippen MR) is 67.5 cm³/mol. The van der Waals surface area contributed by atoms with Gasteiger partial charge in [0.25, 0.3) is 0 Å². The van der Waals surface area contributed by atoms with Crippen molar-refractivity contribution in [2.75, 3.05) is 13.1 Å². The normalized spacial score (nSPS) is 28.4. The van der Waals surface area contributed by atoms with Gasteiger partial charge in [-0.1, -0.05) is 13.0 Å². The highest BCUT2D eigenvalue weighted by atomic mass is 19.2. The van der Waals surface area contributed by atoms with Crippen LogP contribution in [0.1, 0.15) is 25.3 Å². The van der Waals surface area contributed by atoms with E-state index in [4.69, 9.17) is 0 Å². The molecule has 19 heavy (non-hydrogen) atoms. The maximum absolute atomic E-state index is 13.0. The molecule has 2 unspecified atom stereocenters. The molecule has 1 aliphatic carbocycles. The molecular formula is C15H17F2NO. The molecular weight excluding hydrogens is 248 g/mol. The van der Waals surface area contributed by atoms with Crippen LogP contribution in [0.15, 0.2) is 18.2 Å². The van der Waals surface area contributed by atoms with Crippen molar-refractivity contribution in [3.05, 3.63) is 35.4 Å². The molecule has 0 spiro atoms. The van der Waals surface area contributed by atoms with Crippen molar-refractivity contribution >= 4 is 5.91 Å². The van der Waals surface area contributed by atoms with Crippen LogP contribution in [0.25, 0.3) is 0 Å². The molecule has 2 nitrogen and oxygen atoms in total. The van der Waals surface area contributed by atoms with Gasteiger partial charge in [0.2, 0.25) is 5.91 Å². The van der Waals surface area contributed by atoms with Crippen LogP contribution >= 0.6 is 0 Å². The van der Waals surface area contributed by atoms with Crippen LogP contribution in [0.3, 0.4) is 0 Å². The van der Waals surface area contributed by atoms with Gasteiger partial charge in [0, 0.05) is 19.5 Å². The molecule has 2 atom stereocenters. The minimum Gasteiger partial charge on any atom is -0.342 e. The van der Waals surface area contributed by atoms with Gasteiger partial charge >= 0.3 is 0 Å². The number of benzene rings is 1. The molecule has 0 aromatic heterocycles. The van der Waals surface area contributed by atoms with Crippen LogP contribution in [-0.2, 0) is 11.2 Å². The van der Waals surface area contributed by atoms with Gasteiger partial charge in [-0.2, -0.15) is 0 Å². The van der Waals surface area contributed by atoms with E-state index in [1.807, 2.05) is 4.90 Å². The zero-order chi connectivity index (χ0) is 13.6. The minimum absolute atomic E-state index is 0.123.